The first-order chi connectivity index (χ1) is 8.58. The van der Waals surface area contributed by atoms with Gasteiger partial charge >= 0.3 is 6.03 Å². The van der Waals surface area contributed by atoms with Crippen molar-refractivity contribution >= 4 is 43.6 Å². The van der Waals surface area contributed by atoms with Crippen LogP contribution in [0.4, 0.5) is 10.5 Å². The molecule has 0 radical (unpaired) electrons. The lowest BCUT2D eigenvalue weighted by Crippen LogP contribution is -2.44. The third kappa shape index (κ3) is 3.17. The third-order valence-corrected chi connectivity index (χ3v) is 4.44. The number of carbonyl (C=O) groups is 1. The van der Waals surface area contributed by atoms with Crippen molar-refractivity contribution in [2.45, 2.75) is 18.9 Å². The first kappa shape index (κ1) is 13.7. The monoisotopic (exact) mass is 375 g/mol. The molecule has 0 saturated carbocycles. The Morgan fingerprint density at radius 2 is 1.83 bits per heavy atom. The molecule has 0 atom stereocenters. The molecule has 0 aliphatic carbocycles. The van der Waals surface area contributed by atoms with Crippen LogP contribution in [-0.2, 0) is 0 Å². The van der Waals surface area contributed by atoms with Crippen LogP contribution in [0.3, 0.4) is 0 Å². The molecule has 1 aromatic carbocycles. The maximum Gasteiger partial charge on any atom is 0.314 e. The Morgan fingerprint density at radius 3 is 2.33 bits per heavy atom. The van der Waals surface area contributed by atoms with Crippen LogP contribution >= 0.6 is 31.9 Å². The second kappa shape index (κ2) is 5.93. The van der Waals surface area contributed by atoms with Gasteiger partial charge in [-0.3, -0.25) is 0 Å². The minimum absolute atomic E-state index is 0.324. The lowest BCUT2D eigenvalue weighted by molar-refractivity contribution is 0.193. The van der Waals surface area contributed by atoms with Crippen LogP contribution in [0.25, 0.3) is 0 Å². The molecule has 3 N–H and O–H groups in total. The molecule has 2 amide bonds. The zero-order valence-electron chi connectivity index (χ0n) is 9.83. The number of primary amides is 1. The number of likely N-dealkylation sites (tertiary alicyclic amines) is 1. The van der Waals surface area contributed by atoms with Crippen molar-refractivity contribution in [2.24, 2.45) is 5.73 Å². The van der Waals surface area contributed by atoms with Crippen molar-refractivity contribution in [1.82, 2.24) is 4.90 Å². The Bertz CT molecular complexity index is 425. The SMILES string of the molecule is NC(=O)N1CCC(Nc2c(Br)cccc2Br)CC1. The van der Waals surface area contributed by atoms with E-state index in [2.05, 4.69) is 37.2 Å². The van der Waals surface area contributed by atoms with E-state index in [1.807, 2.05) is 18.2 Å². The Morgan fingerprint density at radius 1 is 1.28 bits per heavy atom. The van der Waals surface area contributed by atoms with E-state index in [-0.39, 0.29) is 6.03 Å². The zero-order valence-corrected chi connectivity index (χ0v) is 13.0. The summed E-state index contributed by atoms with van der Waals surface area (Å²) in [5.74, 6) is 0. The van der Waals surface area contributed by atoms with Crippen LogP contribution in [0, 0.1) is 0 Å². The smallest absolute Gasteiger partial charge is 0.314 e. The standard InChI is InChI=1S/C12H15Br2N3O/c13-9-2-1-3-10(14)11(9)16-8-4-6-17(7-5-8)12(15)18/h1-3,8,16H,4-7H2,(H2,15,18). The number of nitrogens with one attached hydrogen (secondary N) is 1. The lowest BCUT2D eigenvalue weighted by atomic mass is 10.0. The summed E-state index contributed by atoms with van der Waals surface area (Å²) in [6, 6.07) is 6.04. The number of halogens is 2. The molecule has 6 heteroatoms. The number of urea groups is 1. The van der Waals surface area contributed by atoms with Gasteiger partial charge in [0.15, 0.2) is 0 Å². The van der Waals surface area contributed by atoms with Gasteiger partial charge in [0.05, 0.1) is 5.69 Å². The van der Waals surface area contributed by atoms with Crippen LogP contribution in [0.2, 0.25) is 0 Å². The number of anilines is 1. The number of piperidine rings is 1. The molecule has 1 heterocycles. The molecule has 4 nitrogen and oxygen atoms in total. The number of hydrogen-bond donors (Lipinski definition) is 2. The second-order valence-corrected chi connectivity index (χ2v) is 6.05. The number of amides is 2. The number of para-hydroxylation sites is 1. The molecule has 0 unspecified atom stereocenters. The number of nitrogens with zero attached hydrogens (tertiary/aromatic N) is 1. The minimum atomic E-state index is -0.324. The molecule has 98 valence electrons. The second-order valence-electron chi connectivity index (χ2n) is 4.34. The molecular weight excluding hydrogens is 362 g/mol. The van der Waals surface area contributed by atoms with Gasteiger partial charge in [0.2, 0.25) is 0 Å². The maximum atomic E-state index is 11.0. The average Bonchev–Trinajstić information content (AvgIpc) is 2.34. The number of rotatable bonds is 2. The highest BCUT2D eigenvalue weighted by atomic mass is 79.9. The van der Waals surface area contributed by atoms with E-state index in [1.54, 1.807) is 4.90 Å². The van der Waals surface area contributed by atoms with E-state index in [9.17, 15) is 4.79 Å². The molecule has 1 aliphatic heterocycles. The molecule has 0 aromatic heterocycles. The van der Waals surface area contributed by atoms with E-state index < -0.39 is 0 Å². The van der Waals surface area contributed by atoms with Crippen molar-refractivity contribution in [1.29, 1.82) is 0 Å². The highest BCUT2D eigenvalue weighted by Gasteiger charge is 2.21. The zero-order chi connectivity index (χ0) is 13.1. The first-order valence-electron chi connectivity index (χ1n) is 5.83. The Balaban J connectivity index is 1.98. The lowest BCUT2D eigenvalue weighted by Gasteiger charge is -2.32. The topological polar surface area (TPSA) is 58.4 Å². The van der Waals surface area contributed by atoms with Crippen molar-refractivity contribution in [3.05, 3.63) is 27.1 Å². The summed E-state index contributed by atoms with van der Waals surface area (Å²) in [7, 11) is 0. The van der Waals surface area contributed by atoms with Crippen molar-refractivity contribution in [2.75, 3.05) is 18.4 Å². The Hall–Kier alpha value is -0.750. The molecule has 0 bridgehead atoms. The van der Waals surface area contributed by atoms with Crippen LogP contribution in [0.15, 0.2) is 27.1 Å². The first-order valence-corrected chi connectivity index (χ1v) is 7.41. The summed E-state index contributed by atoms with van der Waals surface area (Å²) in [5.41, 5.74) is 6.33. The summed E-state index contributed by atoms with van der Waals surface area (Å²) in [4.78, 5) is 12.7. The van der Waals surface area contributed by atoms with Gasteiger partial charge < -0.3 is 16.0 Å². The largest absolute Gasteiger partial charge is 0.380 e. The minimum Gasteiger partial charge on any atom is -0.380 e. The van der Waals surface area contributed by atoms with Gasteiger partial charge in [-0.15, -0.1) is 0 Å². The molecular formula is C12H15Br2N3O. The van der Waals surface area contributed by atoms with Gasteiger partial charge in [-0.25, -0.2) is 4.79 Å². The number of benzene rings is 1. The van der Waals surface area contributed by atoms with Crippen LogP contribution in [-0.4, -0.2) is 30.1 Å². The van der Waals surface area contributed by atoms with Crippen molar-refractivity contribution in [3.63, 3.8) is 0 Å². The summed E-state index contributed by atoms with van der Waals surface area (Å²) in [6.07, 6.45) is 1.83. The van der Waals surface area contributed by atoms with E-state index in [4.69, 9.17) is 5.73 Å². The molecule has 1 aliphatic rings. The van der Waals surface area contributed by atoms with Crippen LogP contribution in [0.1, 0.15) is 12.8 Å². The predicted molar refractivity (Wildman–Crippen MR) is 79.6 cm³/mol. The Kier molecular flexibility index (Phi) is 4.50. The van der Waals surface area contributed by atoms with E-state index in [0.717, 1.165) is 40.6 Å². The number of carbonyl (C=O) groups excluding carboxylic acids is 1. The van der Waals surface area contributed by atoms with Gasteiger partial charge in [-0.05, 0) is 56.8 Å². The summed E-state index contributed by atoms with van der Waals surface area (Å²) in [6.45, 7) is 1.43. The van der Waals surface area contributed by atoms with Gasteiger partial charge in [0, 0.05) is 28.1 Å². The number of nitrogens with two attached hydrogens (primary N) is 1. The molecule has 2 rings (SSSR count). The quantitative estimate of drug-likeness (QED) is 0.832. The van der Waals surface area contributed by atoms with E-state index in [1.165, 1.54) is 0 Å². The van der Waals surface area contributed by atoms with Crippen molar-refractivity contribution in [3.8, 4) is 0 Å². The fraction of sp³-hybridized carbons (Fsp3) is 0.417. The van der Waals surface area contributed by atoms with Crippen LogP contribution in [0.5, 0.6) is 0 Å². The van der Waals surface area contributed by atoms with Gasteiger partial charge in [0.1, 0.15) is 0 Å². The fourth-order valence-corrected chi connectivity index (χ4v) is 3.31. The number of hydrogen-bond acceptors (Lipinski definition) is 2. The normalized spacial score (nSPS) is 16.7. The summed E-state index contributed by atoms with van der Waals surface area (Å²) < 4.78 is 2.07. The molecule has 1 fully saturated rings. The van der Waals surface area contributed by atoms with E-state index >= 15 is 0 Å². The van der Waals surface area contributed by atoms with Crippen LogP contribution < -0.4 is 11.1 Å². The van der Waals surface area contributed by atoms with Gasteiger partial charge in [-0.2, -0.15) is 0 Å². The third-order valence-electron chi connectivity index (χ3n) is 3.12. The summed E-state index contributed by atoms with van der Waals surface area (Å²) >= 11 is 7.06. The average molecular weight is 377 g/mol. The highest BCUT2D eigenvalue weighted by Crippen LogP contribution is 2.32. The summed E-state index contributed by atoms with van der Waals surface area (Å²) in [5, 5.41) is 3.50. The molecule has 18 heavy (non-hydrogen) atoms. The van der Waals surface area contributed by atoms with Gasteiger partial charge in [0.25, 0.3) is 0 Å². The molecule has 1 saturated heterocycles. The van der Waals surface area contributed by atoms with Crippen molar-refractivity contribution < 1.29 is 4.79 Å². The predicted octanol–water partition coefficient (Wildman–Crippen LogP) is 3.17. The molecule has 1 aromatic rings. The highest BCUT2D eigenvalue weighted by molar-refractivity contribution is 9.11. The Labute approximate surface area is 123 Å². The fourth-order valence-electron chi connectivity index (χ4n) is 2.08. The van der Waals surface area contributed by atoms with E-state index in [0.29, 0.717) is 6.04 Å². The molecule has 0 spiro atoms. The van der Waals surface area contributed by atoms with Gasteiger partial charge in [-0.1, -0.05) is 6.07 Å². The maximum absolute atomic E-state index is 11.0.